The van der Waals surface area contributed by atoms with Crippen molar-refractivity contribution in [2.45, 2.75) is 39.2 Å². The molecule has 32 heavy (non-hydrogen) atoms. The molecule has 1 aliphatic heterocycles. The quantitative estimate of drug-likeness (QED) is 0.464. The van der Waals surface area contributed by atoms with Crippen LogP contribution in [0, 0.1) is 11.7 Å². The molecule has 0 radical (unpaired) electrons. The Morgan fingerprint density at radius 1 is 1.16 bits per heavy atom. The van der Waals surface area contributed by atoms with Crippen LogP contribution < -0.4 is 0 Å². The predicted molar refractivity (Wildman–Crippen MR) is 127 cm³/mol. The summed E-state index contributed by atoms with van der Waals surface area (Å²) < 4.78 is 4.84. The number of para-hydroxylation sites is 1. The number of fused-ring (bicyclic) bond motifs is 1. The van der Waals surface area contributed by atoms with Gasteiger partial charge in [-0.3, -0.25) is 14.5 Å². The Balaban J connectivity index is 1.35. The van der Waals surface area contributed by atoms with Gasteiger partial charge in [-0.05, 0) is 69.2 Å². The standard InChI is InChI=1S/C24H26N6OS/c1-3-29-22(26-27-24(29)32)17-11-13-28(14-12-17)23(31)18-9-10-21-20(15-18)25-16(2)30(21)19-7-5-4-6-8-19/h4-10,15,17H,3,11-14H2,1-2H3,(H,27,32). The Kier molecular flexibility index (Phi) is 5.38. The molecule has 8 heteroatoms. The number of amides is 1. The van der Waals surface area contributed by atoms with Gasteiger partial charge in [-0.25, -0.2) is 4.98 Å². The number of H-pyrrole nitrogens is 1. The molecule has 0 saturated carbocycles. The van der Waals surface area contributed by atoms with E-state index >= 15 is 0 Å². The minimum Gasteiger partial charge on any atom is -0.339 e. The van der Waals surface area contributed by atoms with E-state index in [0.717, 1.165) is 47.8 Å². The molecule has 5 rings (SSSR count). The molecule has 2 aromatic heterocycles. The van der Waals surface area contributed by atoms with Gasteiger partial charge in [0.1, 0.15) is 11.6 Å². The first-order valence-electron chi connectivity index (χ1n) is 11.1. The number of aromatic nitrogens is 5. The number of carbonyl (C=O) groups excluding carboxylic acids is 1. The molecule has 2 aromatic carbocycles. The average Bonchev–Trinajstić information content (AvgIpc) is 3.37. The number of carbonyl (C=O) groups is 1. The van der Waals surface area contributed by atoms with Gasteiger partial charge in [0.05, 0.1) is 11.0 Å². The number of piperidine rings is 1. The molecule has 1 fully saturated rings. The highest BCUT2D eigenvalue weighted by Gasteiger charge is 2.27. The Labute approximate surface area is 191 Å². The highest BCUT2D eigenvalue weighted by atomic mass is 32.1. The molecule has 1 aliphatic rings. The van der Waals surface area contributed by atoms with Crippen molar-refractivity contribution in [3.05, 3.63) is 70.5 Å². The van der Waals surface area contributed by atoms with Gasteiger partial charge in [0.25, 0.3) is 5.91 Å². The Morgan fingerprint density at radius 3 is 2.62 bits per heavy atom. The van der Waals surface area contributed by atoms with Crippen molar-refractivity contribution >= 4 is 29.2 Å². The maximum atomic E-state index is 13.2. The van der Waals surface area contributed by atoms with Crippen LogP contribution in [-0.2, 0) is 6.54 Å². The maximum Gasteiger partial charge on any atom is 0.253 e. The second-order valence-corrected chi connectivity index (χ2v) is 8.62. The molecule has 1 amide bonds. The summed E-state index contributed by atoms with van der Waals surface area (Å²) in [4.78, 5) is 19.9. The van der Waals surface area contributed by atoms with Crippen LogP contribution in [0.15, 0.2) is 48.5 Å². The molecule has 3 heterocycles. The Hall–Kier alpha value is -3.26. The van der Waals surface area contributed by atoms with Crippen LogP contribution in [0.25, 0.3) is 16.7 Å². The van der Waals surface area contributed by atoms with Gasteiger partial charge in [0, 0.05) is 36.8 Å². The van der Waals surface area contributed by atoms with Gasteiger partial charge in [-0.1, -0.05) is 18.2 Å². The third-order valence-corrected chi connectivity index (χ3v) is 6.65. The first kappa shape index (κ1) is 20.6. The monoisotopic (exact) mass is 446 g/mol. The van der Waals surface area contributed by atoms with E-state index in [4.69, 9.17) is 17.2 Å². The van der Waals surface area contributed by atoms with Crippen molar-refractivity contribution in [1.29, 1.82) is 0 Å². The predicted octanol–water partition coefficient (Wildman–Crippen LogP) is 4.63. The number of aromatic amines is 1. The summed E-state index contributed by atoms with van der Waals surface area (Å²) in [5, 5.41) is 7.35. The zero-order valence-electron chi connectivity index (χ0n) is 18.3. The van der Waals surface area contributed by atoms with Gasteiger partial charge in [-0.2, -0.15) is 5.10 Å². The molecule has 0 bridgehead atoms. The van der Waals surface area contributed by atoms with E-state index in [2.05, 4.69) is 38.4 Å². The van der Waals surface area contributed by atoms with Crippen LogP contribution in [0.1, 0.15) is 47.7 Å². The first-order chi connectivity index (χ1) is 15.6. The van der Waals surface area contributed by atoms with Crippen LogP contribution >= 0.6 is 12.2 Å². The molecule has 0 aliphatic carbocycles. The molecule has 1 N–H and O–H groups in total. The van der Waals surface area contributed by atoms with Gasteiger partial charge in [0.15, 0.2) is 4.77 Å². The summed E-state index contributed by atoms with van der Waals surface area (Å²) in [7, 11) is 0. The largest absolute Gasteiger partial charge is 0.339 e. The van der Waals surface area contributed by atoms with Crippen molar-refractivity contribution in [3.63, 3.8) is 0 Å². The number of nitrogens with one attached hydrogen (secondary N) is 1. The number of hydrogen-bond acceptors (Lipinski definition) is 4. The molecular weight excluding hydrogens is 420 g/mol. The normalized spacial score (nSPS) is 14.9. The van der Waals surface area contributed by atoms with Crippen LogP contribution in [0.5, 0.6) is 0 Å². The molecule has 4 aromatic rings. The summed E-state index contributed by atoms with van der Waals surface area (Å²) in [6.45, 7) is 6.29. The zero-order chi connectivity index (χ0) is 22.2. The topological polar surface area (TPSA) is 71.7 Å². The summed E-state index contributed by atoms with van der Waals surface area (Å²) >= 11 is 5.32. The Morgan fingerprint density at radius 2 is 1.91 bits per heavy atom. The number of benzene rings is 2. The van der Waals surface area contributed by atoms with Gasteiger partial charge >= 0.3 is 0 Å². The second-order valence-electron chi connectivity index (χ2n) is 8.23. The fourth-order valence-electron chi connectivity index (χ4n) is 4.71. The van der Waals surface area contributed by atoms with Gasteiger partial charge in [0.2, 0.25) is 0 Å². The van der Waals surface area contributed by atoms with Crippen molar-refractivity contribution in [2.24, 2.45) is 0 Å². The van der Waals surface area contributed by atoms with Crippen molar-refractivity contribution in [3.8, 4) is 5.69 Å². The fourth-order valence-corrected chi connectivity index (χ4v) is 4.98. The summed E-state index contributed by atoms with van der Waals surface area (Å²) in [6, 6.07) is 16.0. The zero-order valence-corrected chi connectivity index (χ0v) is 19.1. The van der Waals surface area contributed by atoms with E-state index in [1.165, 1.54) is 0 Å². The molecule has 0 unspecified atom stereocenters. The number of nitrogens with zero attached hydrogens (tertiary/aromatic N) is 5. The lowest BCUT2D eigenvalue weighted by atomic mass is 9.95. The van der Waals surface area contributed by atoms with Crippen molar-refractivity contribution in [2.75, 3.05) is 13.1 Å². The third-order valence-electron chi connectivity index (χ3n) is 6.33. The van der Waals surface area contributed by atoms with E-state index in [1.807, 2.05) is 48.2 Å². The number of hydrogen-bond donors (Lipinski definition) is 1. The lowest BCUT2D eigenvalue weighted by molar-refractivity contribution is 0.0710. The molecule has 0 spiro atoms. The van der Waals surface area contributed by atoms with E-state index in [9.17, 15) is 4.79 Å². The van der Waals surface area contributed by atoms with Crippen LogP contribution in [0.3, 0.4) is 0 Å². The summed E-state index contributed by atoms with van der Waals surface area (Å²) in [5.41, 5.74) is 3.60. The van der Waals surface area contributed by atoms with Gasteiger partial charge in [-0.15, -0.1) is 0 Å². The molecule has 164 valence electrons. The summed E-state index contributed by atoms with van der Waals surface area (Å²) in [5.74, 6) is 2.29. The first-order valence-corrected chi connectivity index (χ1v) is 11.5. The van der Waals surface area contributed by atoms with Crippen LogP contribution in [0.4, 0.5) is 0 Å². The lowest BCUT2D eigenvalue weighted by Crippen LogP contribution is -2.38. The second kappa shape index (κ2) is 8.35. The van der Waals surface area contributed by atoms with Crippen molar-refractivity contribution < 1.29 is 4.79 Å². The van der Waals surface area contributed by atoms with Crippen LogP contribution in [0.2, 0.25) is 0 Å². The Bertz CT molecular complexity index is 1330. The smallest absolute Gasteiger partial charge is 0.253 e. The third kappa shape index (κ3) is 3.54. The minimum atomic E-state index is 0.0617. The fraction of sp³-hybridized carbons (Fsp3) is 0.333. The lowest BCUT2D eigenvalue weighted by Gasteiger charge is -2.31. The highest BCUT2D eigenvalue weighted by Crippen LogP contribution is 2.28. The van der Waals surface area contributed by atoms with E-state index in [-0.39, 0.29) is 5.91 Å². The van der Waals surface area contributed by atoms with Crippen molar-refractivity contribution in [1.82, 2.24) is 29.2 Å². The maximum absolute atomic E-state index is 13.2. The SMILES string of the molecule is CCn1c(C2CCN(C(=O)c3ccc4c(c3)nc(C)n4-c3ccccc3)CC2)n[nH]c1=S. The number of imidazole rings is 1. The molecular formula is C24H26N6OS. The van der Waals surface area contributed by atoms with E-state index in [1.54, 1.807) is 0 Å². The number of aryl methyl sites for hydroxylation is 1. The molecule has 0 atom stereocenters. The van der Waals surface area contributed by atoms with E-state index < -0.39 is 0 Å². The molecule has 7 nitrogen and oxygen atoms in total. The minimum absolute atomic E-state index is 0.0617. The highest BCUT2D eigenvalue weighted by molar-refractivity contribution is 7.71. The van der Waals surface area contributed by atoms with E-state index in [0.29, 0.717) is 29.3 Å². The van der Waals surface area contributed by atoms with Crippen LogP contribution in [-0.4, -0.2) is 48.2 Å². The van der Waals surface area contributed by atoms with Gasteiger partial charge < -0.3 is 9.47 Å². The summed E-state index contributed by atoms with van der Waals surface area (Å²) in [6.07, 6.45) is 1.77. The number of rotatable bonds is 4. The molecule has 1 saturated heterocycles. The average molecular weight is 447 g/mol. The number of likely N-dealkylation sites (tertiary alicyclic amines) is 1.